The summed E-state index contributed by atoms with van der Waals surface area (Å²) < 4.78 is 46.8. The Morgan fingerprint density at radius 1 is 1.35 bits per heavy atom. The molecule has 1 aliphatic rings. The fraction of sp³-hybridized carbons (Fsp3) is 0.538. The summed E-state index contributed by atoms with van der Waals surface area (Å²) in [6, 6.07) is 3.45. The molecule has 1 saturated carbocycles. The number of benzene rings is 1. The molecule has 0 spiro atoms. The van der Waals surface area contributed by atoms with Crippen molar-refractivity contribution in [3.8, 4) is 11.5 Å². The molecular formula is C13H15ClF3NO2. The predicted molar refractivity (Wildman–Crippen MR) is 69.4 cm³/mol. The standard InChI is InChI=1S/C13H15ClF3NO2/c1-19-11-5-9(14)4-8(6-18-10-2-3-10)12(11)20-7-13(15,16)17/h4-5,10,18H,2-3,6-7H2,1H3. The lowest BCUT2D eigenvalue weighted by atomic mass is 10.1. The van der Waals surface area contributed by atoms with Crippen molar-refractivity contribution in [2.24, 2.45) is 0 Å². The number of methoxy groups -OCH3 is 1. The maximum absolute atomic E-state index is 12.3. The fourth-order valence-electron chi connectivity index (χ4n) is 1.77. The van der Waals surface area contributed by atoms with Crippen molar-refractivity contribution in [1.82, 2.24) is 5.32 Å². The average molecular weight is 310 g/mol. The van der Waals surface area contributed by atoms with Gasteiger partial charge in [0.05, 0.1) is 7.11 Å². The van der Waals surface area contributed by atoms with Gasteiger partial charge in [-0.3, -0.25) is 0 Å². The molecule has 0 radical (unpaired) electrons. The topological polar surface area (TPSA) is 30.5 Å². The number of alkyl halides is 3. The van der Waals surface area contributed by atoms with E-state index >= 15 is 0 Å². The highest BCUT2D eigenvalue weighted by Crippen LogP contribution is 2.36. The van der Waals surface area contributed by atoms with Crippen LogP contribution in [0.2, 0.25) is 5.02 Å². The minimum absolute atomic E-state index is 0.0855. The van der Waals surface area contributed by atoms with Gasteiger partial charge in [0.25, 0.3) is 0 Å². The number of hydrogen-bond donors (Lipinski definition) is 1. The van der Waals surface area contributed by atoms with E-state index in [9.17, 15) is 13.2 Å². The Bertz CT molecular complexity index is 475. The Hall–Kier alpha value is -1.14. The van der Waals surface area contributed by atoms with E-state index in [-0.39, 0.29) is 11.5 Å². The van der Waals surface area contributed by atoms with Crippen LogP contribution in [-0.4, -0.2) is 25.9 Å². The molecule has 2 rings (SSSR count). The van der Waals surface area contributed by atoms with Crippen molar-refractivity contribution in [2.45, 2.75) is 31.6 Å². The molecule has 112 valence electrons. The van der Waals surface area contributed by atoms with Crippen LogP contribution in [0.15, 0.2) is 12.1 Å². The van der Waals surface area contributed by atoms with E-state index < -0.39 is 12.8 Å². The van der Waals surface area contributed by atoms with E-state index in [0.29, 0.717) is 23.2 Å². The molecule has 1 aromatic carbocycles. The van der Waals surface area contributed by atoms with Crippen LogP contribution in [0.4, 0.5) is 13.2 Å². The number of nitrogens with one attached hydrogen (secondary N) is 1. The van der Waals surface area contributed by atoms with E-state index in [4.69, 9.17) is 21.1 Å². The molecule has 0 atom stereocenters. The molecule has 1 N–H and O–H groups in total. The van der Waals surface area contributed by atoms with E-state index in [1.54, 1.807) is 6.07 Å². The second-order valence-corrected chi connectivity index (χ2v) is 5.09. The molecular weight excluding hydrogens is 295 g/mol. The van der Waals surface area contributed by atoms with Crippen LogP contribution in [0.5, 0.6) is 11.5 Å². The maximum atomic E-state index is 12.3. The van der Waals surface area contributed by atoms with Crippen LogP contribution in [0, 0.1) is 0 Å². The molecule has 0 unspecified atom stereocenters. The van der Waals surface area contributed by atoms with Crippen molar-refractivity contribution >= 4 is 11.6 Å². The number of rotatable bonds is 6. The zero-order valence-corrected chi connectivity index (χ0v) is 11.6. The summed E-state index contributed by atoms with van der Waals surface area (Å²) in [6.45, 7) is -0.962. The van der Waals surface area contributed by atoms with Gasteiger partial charge >= 0.3 is 6.18 Å². The highest BCUT2D eigenvalue weighted by Gasteiger charge is 2.30. The second-order valence-electron chi connectivity index (χ2n) is 4.66. The normalized spacial score (nSPS) is 15.2. The number of halogens is 4. The van der Waals surface area contributed by atoms with Crippen molar-refractivity contribution in [2.75, 3.05) is 13.7 Å². The monoisotopic (exact) mass is 309 g/mol. The van der Waals surface area contributed by atoms with Crippen LogP contribution in [-0.2, 0) is 6.54 Å². The van der Waals surface area contributed by atoms with Gasteiger partial charge in [-0.15, -0.1) is 0 Å². The zero-order valence-electron chi connectivity index (χ0n) is 10.9. The summed E-state index contributed by atoms with van der Waals surface area (Å²) >= 11 is 5.94. The first-order chi connectivity index (χ1) is 9.39. The van der Waals surface area contributed by atoms with Crippen LogP contribution in [0.25, 0.3) is 0 Å². The third-order valence-electron chi connectivity index (χ3n) is 2.86. The van der Waals surface area contributed by atoms with E-state index in [0.717, 1.165) is 12.8 Å². The highest BCUT2D eigenvalue weighted by atomic mass is 35.5. The van der Waals surface area contributed by atoms with Crippen LogP contribution in [0.1, 0.15) is 18.4 Å². The second kappa shape index (κ2) is 6.10. The molecule has 3 nitrogen and oxygen atoms in total. The Labute approximate surface area is 120 Å². The van der Waals surface area contributed by atoms with Crippen molar-refractivity contribution in [3.63, 3.8) is 0 Å². The maximum Gasteiger partial charge on any atom is 0.422 e. The molecule has 0 bridgehead atoms. The molecule has 0 amide bonds. The lowest BCUT2D eigenvalue weighted by Gasteiger charge is -2.17. The van der Waals surface area contributed by atoms with Crippen LogP contribution in [0.3, 0.4) is 0 Å². The van der Waals surface area contributed by atoms with Gasteiger partial charge in [-0.05, 0) is 18.9 Å². The molecule has 0 aromatic heterocycles. The van der Waals surface area contributed by atoms with Crippen molar-refractivity contribution in [1.29, 1.82) is 0 Å². The van der Waals surface area contributed by atoms with Gasteiger partial charge < -0.3 is 14.8 Å². The van der Waals surface area contributed by atoms with Gasteiger partial charge in [0.15, 0.2) is 18.1 Å². The molecule has 20 heavy (non-hydrogen) atoms. The summed E-state index contributed by atoms with van der Waals surface area (Å²) in [6.07, 6.45) is -2.24. The molecule has 1 aromatic rings. The third kappa shape index (κ3) is 4.45. The predicted octanol–water partition coefficient (Wildman–Crippen LogP) is 3.54. The van der Waals surface area contributed by atoms with Gasteiger partial charge in [0.1, 0.15) is 0 Å². The molecule has 0 saturated heterocycles. The third-order valence-corrected chi connectivity index (χ3v) is 3.07. The number of ether oxygens (including phenoxy) is 2. The number of hydrogen-bond acceptors (Lipinski definition) is 3. The largest absolute Gasteiger partial charge is 0.493 e. The Morgan fingerprint density at radius 2 is 2.05 bits per heavy atom. The van der Waals surface area contributed by atoms with Crippen LogP contribution < -0.4 is 14.8 Å². The van der Waals surface area contributed by atoms with Crippen molar-refractivity contribution < 1.29 is 22.6 Å². The van der Waals surface area contributed by atoms with Gasteiger partial charge in [-0.1, -0.05) is 11.6 Å². The van der Waals surface area contributed by atoms with Gasteiger partial charge in [0.2, 0.25) is 0 Å². The average Bonchev–Trinajstić information content (AvgIpc) is 3.17. The molecule has 1 fully saturated rings. The zero-order chi connectivity index (χ0) is 14.8. The van der Waals surface area contributed by atoms with Crippen LogP contribution >= 0.6 is 11.6 Å². The quantitative estimate of drug-likeness (QED) is 0.872. The summed E-state index contributed by atoms with van der Waals surface area (Å²) in [7, 11) is 1.37. The highest BCUT2D eigenvalue weighted by molar-refractivity contribution is 6.30. The summed E-state index contributed by atoms with van der Waals surface area (Å²) in [4.78, 5) is 0. The summed E-state index contributed by atoms with van der Waals surface area (Å²) in [5.41, 5.74) is 0.561. The van der Waals surface area contributed by atoms with Gasteiger partial charge in [-0.25, -0.2) is 0 Å². The summed E-state index contributed by atoms with van der Waals surface area (Å²) in [5.74, 6) is 0.289. The first kappa shape index (κ1) is 15.3. The first-order valence-corrected chi connectivity index (χ1v) is 6.56. The fourth-order valence-corrected chi connectivity index (χ4v) is 2.00. The molecule has 0 heterocycles. The van der Waals surface area contributed by atoms with Gasteiger partial charge in [-0.2, -0.15) is 13.2 Å². The van der Waals surface area contributed by atoms with E-state index in [2.05, 4.69) is 5.32 Å². The minimum atomic E-state index is -4.40. The van der Waals surface area contributed by atoms with E-state index in [1.165, 1.54) is 13.2 Å². The Balaban J connectivity index is 2.18. The Kier molecular flexibility index (Phi) is 4.65. The molecule has 0 aliphatic heterocycles. The van der Waals surface area contributed by atoms with Crippen molar-refractivity contribution in [3.05, 3.63) is 22.7 Å². The lowest BCUT2D eigenvalue weighted by Crippen LogP contribution is -2.21. The summed E-state index contributed by atoms with van der Waals surface area (Å²) in [5, 5.41) is 3.61. The SMILES string of the molecule is COc1cc(Cl)cc(CNC2CC2)c1OCC(F)(F)F. The lowest BCUT2D eigenvalue weighted by molar-refractivity contribution is -0.153. The van der Waals surface area contributed by atoms with Gasteiger partial charge in [0, 0.05) is 29.2 Å². The first-order valence-electron chi connectivity index (χ1n) is 6.18. The smallest absolute Gasteiger partial charge is 0.422 e. The molecule has 7 heteroatoms. The Morgan fingerprint density at radius 3 is 2.60 bits per heavy atom. The van der Waals surface area contributed by atoms with E-state index in [1.807, 2.05) is 0 Å². The minimum Gasteiger partial charge on any atom is -0.493 e. The molecule has 1 aliphatic carbocycles.